The van der Waals surface area contributed by atoms with Crippen molar-refractivity contribution in [2.75, 3.05) is 5.32 Å². The van der Waals surface area contributed by atoms with Gasteiger partial charge in [-0.05, 0) is 36.6 Å². The molecule has 1 aromatic rings. The SMILES string of the molecule is CCCCCCCCCCCCCCC[C@H]1Cc2cc(C(=O)O)ccc2N1.Cl. The van der Waals surface area contributed by atoms with E-state index in [0.29, 0.717) is 11.6 Å². The van der Waals surface area contributed by atoms with Crippen LogP contribution in [0.5, 0.6) is 0 Å². The average molecular weight is 410 g/mol. The number of carbonyl (C=O) groups is 1. The molecule has 1 atom stereocenters. The number of aromatic carboxylic acids is 1. The monoisotopic (exact) mass is 409 g/mol. The van der Waals surface area contributed by atoms with Crippen LogP contribution in [-0.4, -0.2) is 17.1 Å². The number of carboxylic acid groups (broad SMARTS) is 1. The fourth-order valence-corrected chi connectivity index (χ4v) is 4.16. The highest BCUT2D eigenvalue weighted by atomic mass is 35.5. The summed E-state index contributed by atoms with van der Waals surface area (Å²) in [6.07, 6.45) is 20.2. The second kappa shape index (κ2) is 14.7. The lowest BCUT2D eigenvalue weighted by Crippen LogP contribution is -2.14. The van der Waals surface area contributed by atoms with Gasteiger partial charge in [0.05, 0.1) is 5.56 Å². The molecule has 4 heteroatoms. The normalized spacial score (nSPS) is 15.0. The van der Waals surface area contributed by atoms with Crippen LogP contribution in [0.2, 0.25) is 0 Å². The first-order valence-corrected chi connectivity index (χ1v) is 11.3. The lowest BCUT2D eigenvalue weighted by molar-refractivity contribution is 0.0697. The number of anilines is 1. The molecule has 0 radical (unpaired) electrons. The van der Waals surface area contributed by atoms with Crippen molar-refractivity contribution in [1.29, 1.82) is 0 Å². The Labute approximate surface area is 178 Å². The summed E-state index contributed by atoms with van der Waals surface area (Å²) in [7, 11) is 0. The zero-order valence-electron chi connectivity index (χ0n) is 17.7. The zero-order valence-corrected chi connectivity index (χ0v) is 18.5. The van der Waals surface area contributed by atoms with Gasteiger partial charge in [0.15, 0.2) is 0 Å². The molecule has 1 aliphatic heterocycles. The van der Waals surface area contributed by atoms with Gasteiger partial charge in [-0.3, -0.25) is 0 Å². The van der Waals surface area contributed by atoms with Crippen LogP contribution in [0, 0.1) is 0 Å². The van der Waals surface area contributed by atoms with Crippen LogP contribution in [0.25, 0.3) is 0 Å². The quantitative estimate of drug-likeness (QED) is 0.293. The Morgan fingerprint density at radius 2 is 1.46 bits per heavy atom. The van der Waals surface area contributed by atoms with E-state index in [1.165, 1.54) is 89.9 Å². The van der Waals surface area contributed by atoms with Crippen LogP contribution < -0.4 is 5.32 Å². The smallest absolute Gasteiger partial charge is 0.335 e. The topological polar surface area (TPSA) is 49.3 Å². The largest absolute Gasteiger partial charge is 0.478 e. The van der Waals surface area contributed by atoms with E-state index in [-0.39, 0.29) is 12.4 Å². The van der Waals surface area contributed by atoms with Crippen molar-refractivity contribution in [3.63, 3.8) is 0 Å². The zero-order chi connectivity index (χ0) is 19.3. The summed E-state index contributed by atoms with van der Waals surface area (Å²) in [6, 6.07) is 5.93. The predicted octanol–water partition coefficient (Wildman–Crippen LogP) is 7.62. The first-order chi connectivity index (χ1) is 13.2. The number of benzene rings is 1. The summed E-state index contributed by atoms with van der Waals surface area (Å²) in [5.41, 5.74) is 2.69. The van der Waals surface area contributed by atoms with E-state index in [4.69, 9.17) is 5.11 Å². The van der Waals surface area contributed by atoms with E-state index in [2.05, 4.69) is 12.2 Å². The van der Waals surface area contributed by atoms with Crippen molar-refractivity contribution in [2.45, 2.75) is 109 Å². The second-order valence-electron chi connectivity index (χ2n) is 8.25. The molecule has 0 fully saturated rings. The number of hydrogen-bond donors (Lipinski definition) is 2. The van der Waals surface area contributed by atoms with Crippen LogP contribution in [0.1, 0.15) is 113 Å². The molecule has 28 heavy (non-hydrogen) atoms. The fourth-order valence-electron chi connectivity index (χ4n) is 4.16. The third kappa shape index (κ3) is 9.32. The highest BCUT2D eigenvalue weighted by Gasteiger charge is 2.21. The molecule has 3 nitrogen and oxygen atoms in total. The van der Waals surface area contributed by atoms with Crippen molar-refractivity contribution < 1.29 is 9.90 Å². The molecular weight excluding hydrogens is 370 g/mol. The molecule has 0 spiro atoms. The Hall–Kier alpha value is -1.22. The summed E-state index contributed by atoms with van der Waals surface area (Å²) in [6.45, 7) is 2.28. The van der Waals surface area contributed by atoms with Gasteiger partial charge in [0, 0.05) is 11.7 Å². The Bertz CT molecular complexity index is 562. The number of fused-ring (bicyclic) bond motifs is 1. The first-order valence-electron chi connectivity index (χ1n) is 11.3. The van der Waals surface area contributed by atoms with Crippen molar-refractivity contribution in [3.05, 3.63) is 29.3 Å². The summed E-state index contributed by atoms with van der Waals surface area (Å²) >= 11 is 0. The number of halogens is 1. The van der Waals surface area contributed by atoms with Gasteiger partial charge in [-0.25, -0.2) is 4.79 Å². The molecule has 0 amide bonds. The number of hydrogen-bond acceptors (Lipinski definition) is 2. The van der Waals surface area contributed by atoms with Crippen LogP contribution >= 0.6 is 12.4 Å². The summed E-state index contributed by atoms with van der Waals surface area (Å²) in [4.78, 5) is 11.1. The van der Waals surface area contributed by atoms with Crippen LogP contribution in [0.15, 0.2) is 18.2 Å². The summed E-state index contributed by atoms with van der Waals surface area (Å²) in [5.74, 6) is -0.835. The number of nitrogens with one attached hydrogen (secondary N) is 1. The highest BCUT2D eigenvalue weighted by Crippen LogP contribution is 2.29. The van der Waals surface area contributed by atoms with Gasteiger partial charge in [0.2, 0.25) is 0 Å². The van der Waals surface area contributed by atoms with Gasteiger partial charge in [-0.2, -0.15) is 0 Å². The van der Waals surface area contributed by atoms with Crippen LogP contribution in [-0.2, 0) is 6.42 Å². The molecule has 160 valence electrons. The maximum atomic E-state index is 11.1. The molecule has 2 rings (SSSR count). The molecule has 0 saturated heterocycles. The van der Waals surface area contributed by atoms with E-state index >= 15 is 0 Å². The molecule has 1 aliphatic rings. The van der Waals surface area contributed by atoms with E-state index < -0.39 is 5.97 Å². The Morgan fingerprint density at radius 3 is 2.00 bits per heavy atom. The molecule has 0 bridgehead atoms. The Morgan fingerprint density at radius 1 is 0.929 bits per heavy atom. The summed E-state index contributed by atoms with van der Waals surface area (Å²) in [5, 5.41) is 12.6. The molecule has 0 unspecified atom stereocenters. The van der Waals surface area contributed by atoms with E-state index in [9.17, 15) is 4.79 Å². The first kappa shape index (κ1) is 24.8. The third-order valence-electron chi connectivity index (χ3n) is 5.83. The van der Waals surface area contributed by atoms with E-state index in [1.807, 2.05) is 12.1 Å². The minimum absolute atomic E-state index is 0. The van der Waals surface area contributed by atoms with Gasteiger partial charge < -0.3 is 10.4 Å². The standard InChI is InChI=1S/C24H39NO2.ClH/c1-2-3-4-5-6-7-8-9-10-11-12-13-14-15-22-19-21-18-20(24(26)27)16-17-23(21)25-22;/h16-18,22,25H,2-15,19H2,1H3,(H,26,27);1H/t22-;/m0./s1. The summed E-state index contributed by atoms with van der Waals surface area (Å²) < 4.78 is 0. The molecule has 0 aromatic heterocycles. The van der Waals surface area contributed by atoms with Crippen LogP contribution in [0.4, 0.5) is 5.69 Å². The second-order valence-corrected chi connectivity index (χ2v) is 8.25. The maximum Gasteiger partial charge on any atom is 0.335 e. The lowest BCUT2D eigenvalue weighted by atomic mass is 10.0. The number of unbranched alkanes of at least 4 members (excludes halogenated alkanes) is 12. The van der Waals surface area contributed by atoms with Crippen LogP contribution in [0.3, 0.4) is 0 Å². The van der Waals surface area contributed by atoms with Crippen molar-refractivity contribution in [3.8, 4) is 0 Å². The van der Waals surface area contributed by atoms with Gasteiger partial charge in [0.25, 0.3) is 0 Å². The van der Waals surface area contributed by atoms with Crippen molar-refractivity contribution >= 4 is 24.1 Å². The molecule has 0 saturated carbocycles. The lowest BCUT2D eigenvalue weighted by Gasteiger charge is -2.10. The highest BCUT2D eigenvalue weighted by molar-refractivity contribution is 5.88. The molecular formula is C24H40ClNO2. The Balaban J connectivity index is 0.00000392. The fraction of sp³-hybridized carbons (Fsp3) is 0.708. The van der Waals surface area contributed by atoms with Gasteiger partial charge >= 0.3 is 5.97 Å². The van der Waals surface area contributed by atoms with E-state index in [1.54, 1.807) is 6.07 Å². The van der Waals surface area contributed by atoms with Crippen molar-refractivity contribution in [2.24, 2.45) is 0 Å². The maximum absolute atomic E-state index is 11.1. The third-order valence-corrected chi connectivity index (χ3v) is 5.83. The molecule has 2 N–H and O–H groups in total. The minimum Gasteiger partial charge on any atom is -0.478 e. The van der Waals surface area contributed by atoms with Gasteiger partial charge in [0.1, 0.15) is 0 Å². The Kier molecular flexibility index (Phi) is 13.1. The van der Waals surface area contributed by atoms with Gasteiger partial charge in [-0.1, -0.05) is 90.4 Å². The molecule has 0 aliphatic carbocycles. The minimum atomic E-state index is -0.835. The number of rotatable bonds is 15. The molecule has 1 heterocycles. The predicted molar refractivity (Wildman–Crippen MR) is 122 cm³/mol. The van der Waals surface area contributed by atoms with Gasteiger partial charge in [-0.15, -0.1) is 12.4 Å². The number of carboxylic acids is 1. The average Bonchev–Trinajstić information content (AvgIpc) is 3.07. The van der Waals surface area contributed by atoms with E-state index in [0.717, 1.165) is 17.7 Å². The van der Waals surface area contributed by atoms with Crippen molar-refractivity contribution in [1.82, 2.24) is 0 Å². The molecule has 1 aromatic carbocycles.